The number of allylic oxidation sites excluding steroid dienone is 2. The van der Waals surface area contributed by atoms with Crippen molar-refractivity contribution in [1.29, 1.82) is 0 Å². The topological polar surface area (TPSA) is 88.1 Å². The van der Waals surface area contributed by atoms with Crippen molar-refractivity contribution in [2.45, 2.75) is 18.9 Å². The number of carbonyl (C=O) groups is 3. The minimum Gasteiger partial charge on any atom is -0.465 e. The molecule has 0 saturated heterocycles. The largest absolute Gasteiger partial charge is 0.465 e. The number of amides is 2. The van der Waals surface area contributed by atoms with Gasteiger partial charge >= 0.3 is 5.97 Å². The van der Waals surface area contributed by atoms with Gasteiger partial charge in [0, 0.05) is 11.9 Å². The molecule has 0 aromatic heterocycles. The van der Waals surface area contributed by atoms with Crippen LogP contribution in [0.1, 0.15) is 23.7 Å². The number of hydrogen-bond donors (Lipinski definition) is 1. The standard InChI is InChI=1S/C18H17N3O4/c1-18(11-15(22)20-14-8-3-4-9-21(14)18)17(24)19-13-7-5-6-12(10-13)16(23)25-2/h3-10H,11H2,1-2H3,(H,19,24). The summed E-state index contributed by atoms with van der Waals surface area (Å²) >= 11 is 0. The molecule has 1 aromatic carbocycles. The summed E-state index contributed by atoms with van der Waals surface area (Å²) in [5.41, 5.74) is -0.341. The second-order valence-electron chi connectivity index (χ2n) is 5.91. The first-order valence-electron chi connectivity index (χ1n) is 7.69. The normalized spacial score (nSPS) is 21.4. The smallest absolute Gasteiger partial charge is 0.337 e. The highest BCUT2D eigenvalue weighted by atomic mass is 16.5. The number of carbonyl (C=O) groups excluding carboxylic acids is 3. The molecule has 0 aliphatic carbocycles. The first-order valence-corrected chi connectivity index (χ1v) is 7.69. The third-order valence-electron chi connectivity index (χ3n) is 4.14. The zero-order chi connectivity index (χ0) is 18.0. The lowest BCUT2D eigenvalue weighted by Crippen LogP contribution is -2.58. The van der Waals surface area contributed by atoms with Gasteiger partial charge in [-0.3, -0.25) is 9.59 Å². The molecule has 7 nitrogen and oxygen atoms in total. The molecule has 1 N–H and O–H groups in total. The number of ether oxygens (including phenoxy) is 1. The summed E-state index contributed by atoms with van der Waals surface area (Å²) in [6.07, 6.45) is 6.89. The number of esters is 1. The van der Waals surface area contributed by atoms with Crippen molar-refractivity contribution in [3.63, 3.8) is 0 Å². The van der Waals surface area contributed by atoms with Crippen molar-refractivity contribution in [2.75, 3.05) is 12.4 Å². The van der Waals surface area contributed by atoms with Crippen LogP contribution in [0.25, 0.3) is 0 Å². The van der Waals surface area contributed by atoms with Crippen LogP contribution < -0.4 is 5.32 Å². The summed E-state index contributed by atoms with van der Waals surface area (Å²) in [6.45, 7) is 1.68. The van der Waals surface area contributed by atoms with Crippen LogP contribution in [0.3, 0.4) is 0 Å². The van der Waals surface area contributed by atoms with E-state index in [4.69, 9.17) is 0 Å². The van der Waals surface area contributed by atoms with Gasteiger partial charge in [-0.15, -0.1) is 0 Å². The Hall–Kier alpha value is -3.22. The Morgan fingerprint density at radius 2 is 2.12 bits per heavy atom. The number of amidine groups is 1. The Morgan fingerprint density at radius 1 is 1.32 bits per heavy atom. The fourth-order valence-corrected chi connectivity index (χ4v) is 2.79. The third-order valence-corrected chi connectivity index (χ3v) is 4.14. The Morgan fingerprint density at radius 3 is 2.88 bits per heavy atom. The first-order chi connectivity index (χ1) is 11.9. The van der Waals surface area contributed by atoms with E-state index < -0.39 is 11.5 Å². The predicted octanol–water partition coefficient (Wildman–Crippen LogP) is 1.88. The Labute approximate surface area is 144 Å². The first kappa shape index (κ1) is 16.6. The van der Waals surface area contributed by atoms with Crippen LogP contribution in [0.5, 0.6) is 0 Å². The number of rotatable bonds is 3. The summed E-state index contributed by atoms with van der Waals surface area (Å²) in [5.74, 6) is -0.782. The second kappa shape index (κ2) is 6.35. The molecule has 1 atom stereocenters. The van der Waals surface area contributed by atoms with Gasteiger partial charge in [0.2, 0.25) is 0 Å². The van der Waals surface area contributed by atoms with Crippen LogP contribution in [0, 0.1) is 0 Å². The lowest BCUT2D eigenvalue weighted by atomic mass is 9.91. The molecular weight excluding hydrogens is 322 g/mol. The number of nitrogens with zero attached hydrogens (tertiary/aromatic N) is 2. The number of anilines is 1. The summed E-state index contributed by atoms with van der Waals surface area (Å²) in [6, 6.07) is 6.43. The van der Waals surface area contributed by atoms with E-state index in [1.165, 1.54) is 13.2 Å². The molecule has 2 heterocycles. The zero-order valence-corrected chi connectivity index (χ0v) is 13.9. The number of hydrogen-bond acceptors (Lipinski definition) is 5. The van der Waals surface area contributed by atoms with Gasteiger partial charge in [0.25, 0.3) is 11.8 Å². The molecule has 2 aliphatic rings. The maximum atomic E-state index is 12.9. The molecule has 128 valence electrons. The highest BCUT2D eigenvalue weighted by Gasteiger charge is 2.45. The van der Waals surface area contributed by atoms with Gasteiger partial charge in [-0.2, -0.15) is 4.99 Å². The SMILES string of the molecule is COC(=O)c1cccc(NC(=O)C2(C)CC(=O)N=C3C=CC=CN32)c1. The minimum atomic E-state index is -1.11. The highest BCUT2D eigenvalue weighted by molar-refractivity contribution is 6.12. The Balaban J connectivity index is 1.87. The van der Waals surface area contributed by atoms with Gasteiger partial charge in [0.05, 0.1) is 19.1 Å². The fourth-order valence-electron chi connectivity index (χ4n) is 2.79. The van der Waals surface area contributed by atoms with Crippen molar-refractivity contribution in [3.8, 4) is 0 Å². The van der Waals surface area contributed by atoms with E-state index in [0.29, 0.717) is 17.1 Å². The van der Waals surface area contributed by atoms with Crippen molar-refractivity contribution in [1.82, 2.24) is 4.90 Å². The van der Waals surface area contributed by atoms with Gasteiger partial charge in [0.15, 0.2) is 0 Å². The van der Waals surface area contributed by atoms with E-state index in [2.05, 4.69) is 15.0 Å². The van der Waals surface area contributed by atoms with Crippen LogP contribution >= 0.6 is 0 Å². The predicted molar refractivity (Wildman–Crippen MR) is 92.0 cm³/mol. The molecule has 2 aliphatic heterocycles. The van der Waals surface area contributed by atoms with E-state index in [0.717, 1.165) is 0 Å². The molecule has 0 spiro atoms. The summed E-state index contributed by atoms with van der Waals surface area (Å²) in [7, 11) is 1.29. The quantitative estimate of drug-likeness (QED) is 0.850. The molecule has 1 aromatic rings. The Kier molecular flexibility index (Phi) is 4.22. The maximum absolute atomic E-state index is 12.9. The molecule has 0 radical (unpaired) electrons. The van der Waals surface area contributed by atoms with E-state index >= 15 is 0 Å². The van der Waals surface area contributed by atoms with Crippen LogP contribution in [0.2, 0.25) is 0 Å². The highest BCUT2D eigenvalue weighted by Crippen LogP contribution is 2.29. The van der Waals surface area contributed by atoms with E-state index in [1.807, 2.05) is 0 Å². The number of benzene rings is 1. The molecule has 3 rings (SSSR count). The fraction of sp³-hybridized carbons (Fsp3) is 0.222. The molecule has 0 saturated carbocycles. The van der Waals surface area contributed by atoms with Crippen LogP contribution in [0.4, 0.5) is 5.69 Å². The van der Waals surface area contributed by atoms with Crippen molar-refractivity contribution in [2.24, 2.45) is 4.99 Å². The molecular formula is C18H17N3O4. The molecule has 7 heteroatoms. The van der Waals surface area contributed by atoms with Gasteiger partial charge in [-0.1, -0.05) is 12.1 Å². The Bertz CT molecular complexity index is 840. The lowest BCUT2D eigenvalue weighted by Gasteiger charge is -2.41. The number of fused-ring (bicyclic) bond motifs is 1. The van der Waals surface area contributed by atoms with Crippen molar-refractivity contribution in [3.05, 3.63) is 54.3 Å². The van der Waals surface area contributed by atoms with Crippen LogP contribution in [-0.4, -0.2) is 41.2 Å². The molecule has 0 fully saturated rings. The zero-order valence-electron chi connectivity index (χ0n) is 13.9. The van der Waals surface area contributed by atoms with Gasteiger partial charge in [-0.25, -0.2) is 4.79 Å². The average Bonchev–Trinajstić information content (AvgIpc) is 2.61. The van der Waals surface area contributed by atoms with Crippen molar-refractivity contribution < 1.29 is 19.1 Å². The van der Waals surface area contributed by atoms with Gasteiger partial charge in [0.1, 0.15) is 11.4 Å². The van der Waals surface area contributed by atoms with E-state index in [9.17, 15) is 14.4 Å². The monoisotopic (exact) mass is 339 g/mol. The second-order valence-corrected chi connectivity index (χ2v) is 5.91. The number of methoxy groups -OCH3 is 1. The maximum Gasteiger partial charge on any atom is 0.337 e. The lowest BCUT2D eigenvalue weighted by molar-refractivity contribution is -0.130. The van der Waals surface area contributed by atoms with Crippen LogP contribution in [0.15, 0.2) is 53.7 Å². The van der Waals surface area contributed by atoms with E-state index in [-0.39, 0.29) is 18.2 Å². The van der Waals surface area contributed by atoms with Crippen LogP contribution in [-0.2, 0) is 14.3 Å². The number of aliphatic imine (C=N–C) groups is 1. The summed E-state index contributed by atoms with van der Waals surface area (Å²) in [4.78, 5) is 42.1. The summed E-state index contributed by atoms with van der Waals surface area (Å²) < 4.78 is 4.68. The minimum absolute atomic E-state index is 0.0444. The molecule has 25 heavy (non-hydrogen) atoms. The van der Waals surface area contributed by atoms with Gasteiger partial charge in [-0.05, 0) is 37.3 Å². The molecule has 2 amide bonds. The summed E-state index contributed by atoms with van der Waals surface area (Å²) in [5, 5.41) is 2.77. The van der Waals surface area contributed by atoms with Crippen molar-refractivity contribution >= 4 is 29.3 Å². The molecule has 1 unspecified atom stereocenters. The molecule has 0 bridgehead atoms. The van der Waals surface area contributed by atoms with Gasteiger partial charge < -0.3 is 15.0 Å². The number of nitrogens with one attached hydrogen (secondary N) is 1. The van der Waals surface area contributed by atoms with E-state index in [1.54, 1.807) is 54.5 Å². The average molecular weight is 339 g/mol. The third kappa shape index (κ3) is 3.08.